The lowest BCUT2D eigenvalue weighted by Crippen LogP contribution is -2.02. The van der Waals surface area contributed by atoms with E-state index in [1.54, 1.807) is 0 Å². The molecule has 3 rings (SSSR count). The number of fused-ring (bicyclic) bond motifs is 1. The molecule has 0 saturated carbocycles. The summed E-state index contributed by atoms with van der Waals surface area (Å²) in [5.74, 6) is 1.01. The highest BCUT2D eigenvalue weighted by molar-refractivity contribution is 5.89. The first-order valence-electron chi connectivity index (χ1n) is 6.50. The lowest BCUT2D eigenvalue weighted by Gasteiger charge is -2.10. The summed E-state index contributed by atoms with van der Waals surface area (Å²) in [6.07, 6.45) is 0. The number of nitrogens with one attached hydrogen (secondary N) is 1. The van der Waals surface area contributed by atoms with E-state index in [1.807, 2.05) is 31.2 Å². The van der Waals surface area contributed by atoms with E-state index in [9.17, 15) is 0 Å². The summed E-state index contributed by atoms with van der Waals surface area (Å²) in [5.41, 5.74) is 10.2. The molecule has 0 amide bonds. The average molecular weight is 301 g/mol. The zero-order chi connectivity index (χ0) is 14.1. The lowest BCUT2D eigenvalue weighted by molar-refractivity contribution is 1.21. The monoisotopic (exact) mass is 300 g/mol. The molecule has 4 nitrogen and oxygen atoms in total. The summed E-state index contributed by atoms with van der Waals surface area (Å²) in [6.45, 7) is 4.10. The van der Waals surface area contributed by atoms with Gasteiger partial charge in [-0.05, 0) is 43.2 Å². The molecule has 0 unspecified atom stereocenters. The Morgan fingerprint density at radius 1 is 1.00 bits per heavy atom. The molecule has 0 fully saturated rings. The van der Waals surface area contributed by atoms with Crippen molar-refractivity contribution in [3.05, 3.63) is 53.6 Å². The number of hydrogen-bond donors (Lipinski definition) is 2. The third-order valence-corrected chi connectivity index (χ3v) is 3.27. The van der Waals surface area contributed by atoms with Crippen LogP contribution in [0.4, 0.5) is 17.5 Å². The second-order valence-corrected chi connectivity index (χ2v) is 4.89. The Bertz CT molecular complexity index is 786. The van der Waals surface area contributed by atoms with Crippen LogP contribution >= 0.6 is 12.4 Å². The van der Waals surface area contributed by atoms with Crippen LogP contribution in [0.15, 0.2) is 42.5 Å². The SMILES string of the molecule is Cc1ccc(C)c(Nc2nc(N)c3ccccc3n2)c1.Cl. The van der Waals surface area contributed by atoms with Gasteiger partial charge in [0.05, 0.1) is 5.52 Å². The molecule has 108 valence electrons. The highest BCUT2D eigenvalue weighted by Crippen LogP contribution is 2.23. The number of hydrogen-bond acceptors (Lipinski definition) is 4. The fourth-order valence-corrected chi connectivity index (χ4v) is 2.15. The molecular weight excluding hydrogens is 284 g/mol. The van der Waals surface area contributed by atoms with E-state index in [4.69, 9.17) is 5.73 Å². The second-order valence-electron chi connectivity index (χ2n) is 4.89. The third-order valence-electron chi connectivity index (χ3n) is 3.27. The summed E-state index contributed by atoms with van der Waals surface area (Å²) >= 11 is 0. The Morgan fingerprint density at radius 2 is 1.76 bits per heavy atom. The van der Waals surface area contributed by atoms with Crippen LogP contribution in [0, 0.1) is 13.8 Å². The van der Waals surface area contributed by atoms with E-state index in [0.717, 1.165) is 22.2 Å². The second kappa shape index (κ2) is 5.97. The molecule has 1 aromatic heterocycles. The zero-order valence-corrected chi connectivity index (χ0v) is 12.7. The highest BCUT2D eigenvalue weighted by Gasteiger charge is 2.06. The molecule has 21 heavy (non-hydrogen) atoms. The average Bonchev–Trinajstić information content (AvgIpc) is 2.43. The molecule has 0 saturated heterocycles. The van der Waals surface area contributed by atoms with Gasteiger partial charge in [-0.3, -0.25) is 0 Å². The summed E-state index contributed by atoms with van der Waals surface area (Å²) < 4.78 is 0. The Balaban J connectivity index is 0.00000161. The molecule has 0 aliphatic carbocycles. The summed E-state index contributed by atoms with van der Waals surface area (Å²) in [5, 5.41) is 4.12. The maximum absolute atomic E-state index is 5.99. The van der Waals surface area contributed by atoms with Crippen molar-refractivity contribution in [1.82, 2.24) is 9.97 Å². The third kappa shape index (κ3) is 3.06. The minimum Gasteiger partial charge on any atom is -0.383 e. The van der Waals surface area contributed by atoms with Crippen molar-refractivity contribution in [1.29, 1.82) is 0 Å². The maximum atomic E-state index is 5.99. The van der Waals surface area contributed by atoms with Gasteiger partial charge in [-0.25, -0.2) is 4.98 Å². The van der Waals surface area contributed by atoms with E-state index in [1.165, 1.54) is 5.56 Å². The molecule has 5 heteroatoms. The predicted octanol–water partition coefficient (Wildman–Crippen LogP) is 3.99. The molecule has 2 aromatic carbocycles. The van der Waals surface area contributed by atoms with Gasteiger partial charge in [0.2, 0.25) is 5.95 Å². The number of nitrogen functional groups attached to an aromatic ring is 1. The Kier molecular flexibility index (Phi) is 4.29. The fraction of sp³-hybridized carbons (Fsp3) is 0.125. The number of nitrogens with zero attached hydrogens (tertiary/aromatic N) is 2. The summed E-state index contributed by atoms with van der Waals surface area (Å²) in [4.78, 5) is 8.82. The van der Waals surface area contributed by atoms with Gasteiger partial charge in [0.25, 0.3) is 0 Å². The van der Waals surface area contributed by atoms with Gasteiger partial charge in [-0.1, -0.05) is 24.3 Å². The van der Waals surface area contributed by atoms with Crippen molar-refractivity contribution in [3.63, 3.8) is 0 Å². The molecular formula is C16H17ClN4. The van der Waals surface area contributed by atoms with Crippen LogP contribution in [0.3, 0.4) is 0 Å². The first-order valence-corrected chi connectivity index (χ1v) is 6.50. The van der Waals surface area contributed by atoms with Crippen LogP contribution < -0.4 is 11.1 Å². The van der Waals surface area contributed by atoms with Crippen LogP contribution in [-0.4, -0.2) is 9.97 Å². The number of aromatic nitrogens is 2. The molecule has 0 aliphatic rings. The van der Waals surface area contributed by atoms with Crippen molar-refractivity contribution in [2.75, 3.05) is 11.1 Å². The standard InChI is InChI=1S/C16H16N4.ClH/c1-10-7-8-11(2)14(9-10)19-16-18-13-6-4-3-5-12(13)15(17)20-16;/h3-9H,1-2H3,(H3,17,18,19,20);1H. The van der Waals surface area contributed by atoms with Crippen molar-refractivity contribution < 1.29 is 0 Å². The smallest absolute Gasteiger partial charge is 0.229 e. The van der Waals surface area contributed by atoms with Crippen molar-refractivity contribution in [3.8, 4) is 0 Å². The van der Waals surface area contributed by atoms with E-state index < -0.39 is 0 Å². The molecule has 0 atom stereocenters. The molecule has 1 heterocycles. The van der Waals surface area contributed by atoms with Crippen LogP contribution in [0.5, 0.6) is 0 Å². The molecule has 0 spiro atoms. The zero-order valence-electron chi connectivity index (χ0n) is 11.9. The maximum Gasteiger partial charge on any atom is 0.229 e. The topological polar surface area (TPSA) is 63.8 Å². The van der Waals surface area contributed by atoms with Gasteiger partial charge >= 0.3 is 0 Å². The van der Waals surface area contributed by atoms with Gasteiger partial charge in [0.15, 0.2) is 0 Å². The lowest BCUT2D eigenvalue weighted by atomic mass is 10.1. The Labute approximate surface area is 129 Å². The number of halogens is 1. The Morgan fingerprint density at radius 3 is 2.57 bits per heavy atom. The number of nitrogens with two attached hydrogens (primary N) is 1. The molecule has 0 radical (unpaired) electrons. The van der Waals surface area contributed by atoms with E-state index >= 15 is 0 Å². The minimum atomic E-state index is 0. The molecule has 0 aliphatic heterocycles. The van der Waals surface area contributed by atoms with E-state index in [-0.39, 0.29) is 12.4 Å². The number of rotatable bonds is 2. The van der Waals surface area contributed by atoms with Crippen molar-refractivity contribution >= 4 is 40.8 Å². The summed E-state index contributed by atoms with van der Waals surface area (Å²) in [7, 11) is 0. The number of anilines is 3. The van der Waals surface area contributed by atoms with Gasteiger partial charge in [-0.15, -0.1) is 12.4 Å². The number of benzene rings is 2. The first-order chi connectivity index (χ1) is 9.63. The van der Waals surface area contributed by atoms with E-state index in [0.29, 0.717) is 11.8 Å². The van der Waals surface area contributed by atoms with E-state index in [2.05, 4.69) is 40.4 Å². The normalized spacial score (nSPS) is 10.2. The number of aryl methyl sites for hydroxylation is 2. The van der Waals surface area contributed by atoms with Crippen molar-refractivity contribution in [2.24, 2.45) is 0 Å². The van der Waals surface area contributed by atoms with Crippen LogP contribution in [0.1, 0.15) is 11.1 Å². The quantitative estimate of drug-likeness (QED) is 0.751. The van der Waals surface area contributed by atoms with Gasteiger partial charge in [-0.2, -0.15) is 4.98 Å². The van der Waals surface area contributed by atoms with Gasteiger partial charge in [0, 0.05) is 11.1 Å². The first kappa shape index (κ1) is 15.1. The number of para-hydroxylation sites is 1. The summed E-state index contributed by atoms with van der Waals surface area (Å²) in [6, 6.07) is 14.0. The van der Waals surface area contributed by atoms with Crippen LogP contribution in [0.2, 0.25) is 0 Å². The Hall–Kier alpha value is -2.33. The molecule has 3 aromatic rings. The fourth-order valence-electron chi connectivity index (χ4n) is 2.15. The molecule has 0 bridgehead atoms. The van der Waals surface area contributed by atoms with Crippen molar-refractivity contribution in [2.45, 2.75) is 13.8 Å². The highest BCUT2D eigenvalue weighted by atomic mass is 35.5. The molecule has 3 N–H and O–H groups in total. The van der Waals surface area contributed by atoms with Gasteiger partial charge in [0.1, 0.15) is 5.82 Å². The largest absolute Gasteiger partial charge is 0.383 e. The predicted molar refractivity (Wildman–Crippen MR) is 90.4 cm³/mol. The van der Waals surface area contributed by atoms with Crippen LogP contribution in [-0.2, 0) is 0 Å². The van der Waals surface area contributed by atoms with Crippen LogP contribution in [0.25, 0.3) is 10.9 Å². The minimum absolute atomic E-state index is 0. The van der Waals surface area contributed by atoms with Gasteiger partial charge < -0.3 is 11.1 Å².